The number of aliphatic hydroxyl groups excluding tert-OH is 1. The van der Waals surface area contributed by atoms with Crippen LogP contribution in [0.1, 0.15) is 92.0 Å². The van der Waals surface area contributed by atoms with Crippen molar-refractivity contribution in [1.29, 1.82) is 0 Å². The molecule has 0 aromatic heterocycles. The van der Waals surface area contributed by atoms with E-state index >= 15 is 0 Å². The van der Waals surface area contributed by atoms with Gasteiger partial charge in [-0.25, -0.2) is 0 Å². The lowest BCUT2D eigenvalue weighted by Crippen LogP contribution is -2.69. The number of aryl methyl sites for hydroxylation is 1. The van der Waals surface area contributed by atoms with Crippen molar-refractivity contribution in [2.24, 2.45) is 44.0 Å². The number of rotatable bonds is 9. The lowest BCUT2D eigenvalue weighted by Gasteiger charge is -2.66. The van der Waals surface area contributed by atoms with E-state index in [2.05, 4.69) is 41.7 Å². The fourth-order valence-electron chi connectivity index (χ4n) is 13.6. The van der Waals surface area contributed by atoms with Crippen molar-refractivity contribution in [1.82, 2.24) is 5.32 Å². The molecule has 2 spiro atoms. The third-order valence-corrected chi connectivity index (χ3v) is 16.0. The van der Waals surface area contributed by atoms with Gasteiger partial charge in [0.05, 0.1) is 22.9 Å². The van der Waals surface area contributed by atoms with Gasteiger partial charge in [0.2, 0.25) is 0 Å². The van der Waals surface area contributed by atoms with E-state index in [1.165, 1.54) is 93.0 Å². The Balaban J connectivity index is 0.917. The summed E-state index contributed by atoms with van der Waals surface area (Å²) in [6.07, 6.45) is 20.6. The number of allylic oxidation sites excluding steroid dienone is 1. The van der Waals surface area contributed by atoms with E-state index in [1.807, 2.05) is 0 Å². The van der Waals surface area contributed by atoms with Crippen LogP contribution in [0, 0.1) is 34.0 Å². The molecule has 1 aliphatic heterocycles. The largest absolute Gasteiger partial charge is 0.507 e. The summed E-state index contributed by atoms with van der Waals surface area (Å²) in [5.74, 6) is 0.0414. The minimum atomic E-state index is -0.488. The van der Waals surface area contributed by atoms with Crippen LogP contribution in [0.4, 0.5) is 0 Å². The Labute approximate surface area is 345 Å². The summed E-state index contributed by atoms with van der Waals surface area (Å²) in [7, 11) is 0. The van der Waals surface area contributed by atoms with Gasteiger partial charge in [-0.05, 0) is 133 Å². The molecule has 7 N–H and O–H groups in total. The minimum Gasteiger partial charge on any atom is -0.507 e. The summed E-state index contributed by atoms with van der Waals surface area (Å²) < 4.78 is 0. The average molecular weight is 794 g/mol. The average Bonchev–Trinajstić information content (AvgIpc) is 3.98. The quantitative estimate of drug-likeness (QED) is 0.0507. The van der Waals surface area contributed by atoms with E-state index in [9.17, 15) is 30.6 Å². The molecule has 9 heteroatoms. The molecule has 5 aliphatic carbocycles. The van der Waals surface area contributed by atoms with Crippen LogP contribution in [-0.4, -0.2) is 61.4 Å². The molecule has 10 rings (SSSR count). The minimum absolute atomic E-state index is 0.108. The van der Waals surface area contributed by atoms with Crippen molar-refractivity contribution >= 4 is 34.3 Å². The third kappa shape index (κ3) is 5.86. The fraction of sp³-hybridized carbons (Fsp3) is 0.440. The Morgan fingerprint density at radius 3 is 2.42 bits per heavy atom. The second-order valence-corrected chi connectivity index (χ2v) is 18.4. The summed E-state index contributed by atoms with van der Waals surface area (Å²) in [6.45, 7) is 2.00. The number of benzene rings is 4. The van der Waals surface area contributed by atoms with E-state index in [1.54, 1.807) is 30.4 Å². The summed E-state index contributed by atoms with van der Waals surface area (Å²) in [5, 5.41) is 69.9. The van der Waals surface area contributed by atoms with Crippen molar-refractivity contribution in [3.8, 4) is 28.7 Å². The smallest absolute Gasteiger partial charge is 0.169 e. The first-order valence-corrected chi connectivity index (χ1v) is 21.8. The normalized spacial score (nSPS) is 30.7. The van der Waals surface area contributed by atoms with Crippen molar-refractivity contribution in [3.63, 3.8) is 0 Å². The Morgan fingerprint density at radius 1 is 0.746 bits per heavy atom. The molecule has 6 aliphatic rings. The maximum Gasteiger partial charge on any atom is 0.169 e. The van der Waals surface area contributed by atoms with Gasteiger partial charge >= 0.3 is 0 Å². The molecule has 4 aromatic rings. The monoisotopic (exact) mass is 793 g/mol. The van der Waals surface area contributed by atoms with Crippen molar-refractivity contribution in [3.05, 3.63) is 101 Å². The third-order valence-electron chi connectivity index (χ3n) is 16.0. The number of aliphatic imine (C=N–C) groups is 2. The Morgan fingerprint density at radius 2 is 1.58 bits per heavy atom. The van der Waals surface area contributed by atoms with E-state index in [4.69, 9.17) is 9.98 Å². The van der Waals surface area contributed by atoms with Crippen LogP contribution in [-0.2, 0) is 19.4 Å². The highest BCUT2D eigenvalue weighted by Crippen LogP contribution is 2.75. The first-order chi connectivity index (χ1) is 28.6. The summed E-state index contributed by atoms with van der Waals surface area (Å²) in [4.78, 5) is 10.3. The Hall–Kier alpha value is -5.12. The molecule has 4 saturated carbocycles. The topological polar surface area (TPSA) is 158 Å². The zero-order valence-electron chi connectivity index (χ0n) is 33.6. The van der Waals surface area contributed by atoms with Gasteiger partial charge in [-0.2, -0.15) is 0 Å². The second kappa shape index (κ2) is 14.6. The Kier molecular flexibility index (Phi) is 9.40. The fourth-order valence-corrected chi connectivity index (χ4v) is 13.6. The molecule has 0 amide bonds. The second-order valence-electron chi connectivity index (χ2n) is 18.4. The van der Waals surface area contributed by atoms with Gasteiger partial charge in [0.15, 0.2) is 23.0 Å². The molecule has 1 heterocycles. The number of hydrogen-bond acceptors (Lipinski definition) is 9. The predicted octanol–water partition coefficient (Wildman–Crippen LogP) is 8.96. The lowest BCUT2D eigenvalue weighted by molar-refractivity contribution is -0.156. The van der Waals surface area contributed by atoms with Gasteiger partial charge in [0, 0.05) is 30.0 Å². The van der Waals surface area contributed by atoms with Crippen LogP contribution < -0.4 is 5.32 Å². The molecule has 7 unspecified atom stereocenters. The lowest BCUT2D eigenvalue weighted by atomic mass is 9.37. The zero-order chi connectivity index (χ0) is 40.5. The predicted molar refractivity (Wildman–Crippen MR) is 232 cm³/mol. The Bertz CT molecular complexity index is 2440. The number of nitrogens with one attached hydrogen (secondary N) is 1. The van der Waals surface area contributed by atoms with Gasteiger partial charge in [0.25, 0.3) is 0 Å². The SMILES string of the molecule is Oc1ccc(C=Cc2c(CCc3ccc(CNCC45C6=NCN=C6CCC6CCCC64CCC46CCCC4C=CC(O)C65)cc3)c(O)c(O)c3c(O)cccc23)cc1O. The molecule has 4 aromatic carbocycles. The van der Waals surface area contributed by atoms with Crippen LogP contribution in [0.15, 0.2) is 82.8 Å². The van der Waals surface area contributed by atoms with Crippen LogP contribution in [0.5, 0.6) is 28.7 Å². The van der Waals surface area contributed by atoms with Gasteiger partial charge < -0.3 is 36.0 Å². The van der Waals surface area contributed by atoms with Crippen LogP contribution >= 0.6 is 0 Å². The van der Waals surface area contributed by atoms with E-state index < -0.39 is 6.10 Å². The molecule has 4 fully saturated rings. The maximum atomic E-state index is 12.2. The van der Waals surface area contributed by atoms with Gasteiger partial charge in [0.1, 0.15) is 12.4 Å². The molecule has 59 heavy (non-hydrogen) atoms. The summed E-state index contributed by atoms with van der Waals surface area (Å²) in [5.41, 5.74) is 6.46. The molecule has 306 valence electrons. The van der Waals surface area contributed by atoms with Crippen LogP contribution in [0.3, 0.4) is 0 Å². The number of fused-ring (bicyclic) bond motifs is 4. The number of hydrogen-bond donors (Lipinski definition) is 7. The standard InChI is InChI=1S/C50H55N3O6/c54-39-20-14-31(26-42(39)57)13-17-35-36-6-1-7-40(55)43(36)45(59)44(58)37(35)18-12-30-8-10-32(11-9-30)27-51-28-50-46-41(56)21-16-33-4-2-22-48(33,46)24-25-49(50)23-3-5-34(49)15-19-38-47(50)53-29-52-38/h1,6-11,13-14,16-17,20-21,26,33-34,41,46,51,54-59H,2-5,12,15,18-19,22-25,27-29H2. The molecule has 9 nitrogen and oxygen atoms in total. The molecule has 0 radical (unpaired) electrons. The summed E-state index contributed by atoms with van der Waals surface area (Å²) in [6, 6.07) is 18.1. The first kappa shape index (κ1) is 38.1. The molecule has 0 bridgehead atoms. The zero-order valence-corrected chi connectivity index (χ0v) is 33.6. The van der Waals surface area contributed by atoms with Crippen molar-refractivity contribution < 1.29 is 30.6 Å². The number of phenolic OH excluding ortho intramolecular Hbond substituents is 5. The van der Waals surface area contributed by atoms with Crippen LogP contribution in [0.2, 0.25) is 0 Å². The highest BCUT2D eigenvalue weighted by Gasteiger charge is 2.73. The van der Waals surface area contributed by atoms with Gasteiger partial charge in [-0.3, -0.25) is 9.98 Å². The van der Waals surface area contributed by atoms with Crippen molar-refractivity contribution in [2.45, 2.75) is 89.7 Å². The highest BCUT2D eigenvalue weighted by atomic mass is 16.3. The molecule has 0 saturated heterocycles. The number of aromatic hydroxyl groups is 5. The maximum absolute atomic E-state index is 12.2. The number of aliphatic hydroxyl groups is 1. The van der Waals surface area contributed by atoms with Gasteiger partial charge in [-0.15, -0.1) is 0 Å². The van der Waals surface area contributed by atoms with Gasteiger partial charge in [-0.1, -0.05) is 79.6 Å². The molecule has 7 atom stereocenters. The van der Waals surface area contributed by atoms with E-state index in [0.29, 0.717) is 60.0 Å². The molecular formula is C50H55N3O6. The number of nitrogens with zero attached hydrogens (tertiary/aromatic N) is 2. The van der Waals surface area contributed by atoms with E-state index in [0.717, 1.165) is 18.5 Å². The number of phenols is 5. The van der Waals surface area contributed by atoms with Crippen molar-refractivity contribution in [2.75, 3.05) is 13.2 Å². The molecular weight excluding hydrogens is 739 g/mol. The van der Waals surface area contributed by atoms with Crippen LogP contribution in [0.25, 0.3) is 22.9 Å². The highest BCUT2D eigenvalue weighted by molar-refractivity contribution is 6.45. The first-order valence-electron chi connectivity index (χ1n) is 21.8. The van der Waals surface area contributed by atoms with E-state index in [-0.39, 0.29) is 56.3 Å². The summed E-state index contributed by atoms with van der Waals surface area (Å²) >= 11 is 0.